The zero-order valence-corrected chi connectivity index (χ0v) is 11.6. The van der Waals surface area contributed by atoms with Gasteiger partial charge in [0.1, 0.15) is 0 Å². The van der Waals surface area contributed by atoms with Crippen LogP contribution in [0.2, 0.25) is 0 Å². The van der Waals surface area contributed by atoms with Crippen LogP contribution in [0.5, 0.6) is 0 Å². The molecule has 0 radical (unpaired) electrons. The van der Waals surface area contributed by atoms with E-state index in [-0.39, 0.29) is 11.5 Å². The molecular weight excluding hydrogens is 224 g/mol. The maximum absolute atomic E-state index is 11.9. The average molecular weight is 248 g/mol. The van der Waals surface area contributed by atoms with Crippen LogP contribution in [0.25, 0.3) is 0 Å². The molecule has 1 aliphatic heterocycles. The maximum atomic E-state index is 11.9. The molecule has 1 heterocycles. The van der Waals surface area contributed by atoms with Crippen molar-refractivity contribution in [2.75, 3.05) is 25.9 Å². The highest BCUT2D eigenvalue weighted by Crippen LogP contribution is 2.22. The molecule has 1 N–H and O–H groups in total. The van der Waals surface area contributed by atoms with E-state index in [9.17, 15) is 8.42 Å². The molecule has 96 valence electrons. The van der Waals surface area contributed by atoms with Gasteiger partial charge in [0, 0.05) is 19.1 Å². The molecule has 0 aromatic carbocycles. The molecule has 5 heteroatoms. The van der Waals surface area contributed by atoms with Gasteiger partial charge in [0.2, 0.25) is 10.0 Å². The predicted molar refractivity (Wildman–Crippen MR) is 66.9 cm³/mol. The molecule has 1 fully saturated rings. The van der Waals surface area contributed by atoms with Gasteiger partial charge >= 0.3 is 0 Å². The van der Waals surface area contributed by atoms with E-state index >= 15 is 0 Å². The Morgan fingerprint density at radius 3 is 2.38 bits per heavy atom. The molecule has 0 amide bonds. The topological polar surface area (TPSA) is 49.4 Å². The number of likely N-dealkylation sites (N-methyl/N-ethyl adjacent to an activating group) is 1. The first-order valence-corrected chi connectivity index (χ1v) is 7.53. The summed E-state index contributed by atoms with van der Waals surface area (Å²) in [6.07, 6.45) is 1.79. The van der Waals surface area contributed by atoms with Crippen LogP contribution in [0.15, 0.2) is 0 Å². The Morgan fingerprint density at radius 1 is 1.31 bits per heavy atom. The van der Waals surface area contributed by atoms with Crippen LogP contribution in [0.3, 0.4) is 0 Å². The highest BCUT2D eigenvalue weighted by molar-refractivity contribution is 7.89. The first kappa shape index (κ1) is 13.9. The summed E-state index contributed by atoms with van der Waals surface area (Å²) in [6.45, 7) is 7.65. The van der Waals surface area contributed by atoms with Gasteiger partial charge < -0.3 is 5.32 Å². The Balaban J connectivity index is 2.71. The van der Waals surface area contributed by atoms with Gasteiger partial charge in [-0.2, -0.15) is 0 Å². The molecule has 4 nitrogen and oxygen atoms in total. The zero-order chi connectivity index (χ0) is 12.4. The Hall–Kier alpha value is -0.130. The maximum Gasteiger partial charge on any atom is 0.214 e. The summed E-state index contributed by atoms with van der Waals surface area (Å²) in [7, 11) is -1.10. The summed E-state index contributed by atoms with van der Waals surface area (Å²) < 4.78 is 25.4. The van der Waals surface area contributed by atoms with Crippen LogP contribution >= 0.6 is 0 Å². The molecule has 0 unspecified atom stereocenters. The Labute approximate surface area is 99.5 Å². The van der Waals surface area contributed by atoms with Crippen molar-refractivity contribution < 1.29 is 8.42 Å². The summed E-state index contributed by atoms with van der Waals surface area (Å²) in [5, 5.41) is 3.22. The smallest absolute Gasteiger partial charge is 0.214 e. The molecule has 0 spiro atoms. The van der Waals surface area contributed by atoms with Gasteiger partial charge in [0.05, 0.1) is 5.75 Å². The van der Waals surface area contributed by atoms with E-state index in [0.29, 0.717) is 18.8 Å². The summed E-state index contributed by atoms with van der Waals surface area (Å²) in [4.78, 5) is 0. The fraction of sp³-hybridized carbons (Fsp3) is 1.00. The van der Waals surface area contributed by atoms with Crippen LogP contribution < -0.4 is 5.32 Å². The lowest BCUT2D eigenvalue weighted by molar-refractivity contribution is 0.229. The Kier molecular flexibility index (Phi) is 4.37. The number of nitrogens with one attached hydrogen (secondary N) is 1. The third-order valence-electron chi connectivity index (χ3n) is 3.23. The molecular formula is C11H24N2O2S. The highest BCUT2D eigenvalue weighted by Gasteiger charge is 2.31. The van der Waals surface area contributed by atoms with Gasteiger partial charge in [-0.25, -0.2) is 12.7 Å². The summed E-state index contributed by atoms with van der Waals surface area (Å²) in [5.41, 5.74) is 0.0711. The van der Waals surface area contributed by atoms with Gasteiger partial charge in [-0.15, -0.1) is 0 Å². The van der Waals surface area contributed by atoms with Gasteiger partial charge in [-0.05, 0) is 25.3 Å². The van der Waals surface area contributed by atoms with Crippen molar-refractivity contribution in [1.29, 1.82) is 0 Å². The van der Waals surface area contributed by atoms with Gasteiger partial charge in [0.15, 0.2) is 0 Å². The van der Waals surface area contributed by atoms with Crippen LogP contribution in [0.4, 0.5) is 0 Å². The molecule has 1 rings (SSSR count). The standard InChI is InChI=1S/C11H24N2O2S/c1-11(2,3)10(12-4)9-13-7-5-6-8-16(13,14)15/h10,12H,5-9H2,1-4H3/t10-/m1/s1. The zero-order valence-electron chi connectivity index (χ0n) is 10.8. The second-order valence-corrected chi connectivity index (χ2v) is 7.68. The first-order chi connectivity index (χ1) is 7.27. The third-order valence-corrected chi connectivity index (χ3v) is 5.16. The minimum Gasteiger partial charge on any atom is -0.315 e. The second-order valence-electron chi connectivity index (χ2n) is 5.59. The molecule has 1 saturated heterocycles. The number of nitrogens with zero attached hydrogens (tertiary/aromatic N) is 1. The minimum absolute atomic E-state index is 0.0711. The molecule has 0 aromatic heterocycles. The minimum atomic E-state index is -3.00. The quantitative estimate of drug-likeness (QED) is 0.812. The van der Waals surface area contributed by atoms with Crippen LogP contribution in [-0.2, 0) is 10.0 Å². The van der Waals surface area contributed by atoms with E-state index in [1.165, 1.54) is 0 Å². The fourth-order valence-corrected chi connectivity index (χ4v) is 3.66. The highest BCUT2D eigenvalue weighted by atomic mass is 32.2. The number of rotatable bonds is 3. The van der Waals surface area contributed by atoms with E-state index in [4.69, 9.17) is 0 Å². The molecule has 1 aliphatic rings. The molecule has 1 atom stereocenters. The van der Waals surface area contributed by atoms with Crippen molar-refractivity contribution >= 4 is 10.0 Å². The van der Waals surface area contributed by atoms with Crippen molar-refractivity contribution in [2.45, 2.75) is 39.7 Å². The van der Waals surface area contributed by atoms with Crippen LogP contribution in [0.1, 0.15) is 33.6 Å². The van der Waals surface area contributed by atoms with Crippen LogP contribution in [-0.4, -0.2) is 44.7 Å². The lowest BCUT2D eigenvalue weighted by atomic mass is 9.87. The largest absolute Gasteiger partial charge is 0.315 e. The summed E-state index contributed by atoms with van der Waals surface area (Å²) in [6, 6.07) is 0.195. The van der Waals surface area contributed by atoms with E-state index in [2.05, 4.69) is 26.1 Å². The van der Waals surface area contributed by atoms with Crippen molar-refractivity contribution in [2.24, 2.45) is 5.41 Å². The van der Waals surface area contributed by atoms with E-state index in [1.807, 2.05) is 7.05 Å². The van der Waals surface area contributed by atoms with Crippen molar-refractivity contribution in [1.82, 2.24) is 9.62 Å². The Bertz CT molecular complexity index is 319. The number of hydrogen-bond acceptors (Lipinski definition) is 3. The van der Waals surface area contributed by atoms with E-state index in [0.717, 1.165) is 12.8 Å². The molecule has 0 bridgehead atoms. The molecule has 0 saturated carbocycles. The van der Waals surface area contributed by atoms with Crippen LogP contribution in [0, 0.1) is 5.41 Å². The van der Waals surface area contributed by atoms with Gasteiger partial charge in [0.25, 0.3) is 0 Å². The SMILES string of the molecule is CN[C@H](CN1CCCCS1(=O)=O)C(C)(C)C. The monoisotopic (exact) mass is 248 g/mol. The Morgan fingerprint density at radius 2 is 1.94 bits per heavy atom. The number of hydrogen-bond donors (Lipinski definition) is 1. The van der Waals surface area contributed by atoms with E-state index in [1.54, 1.807) is 4.31 Å². The predicted octanol–water partition coefficient (Wildman–Crippen LogP) is 1.05. The average Bonchev–Trinajstić information content (AvgIpc) is 2.13. The van der Waals surface area contributed by atoms with Crippen molar-refractivity contribution in [3.8, 4) is 0 Å². The van der Waals surface area contributed by atoms with Gasteiger partial charge in [-0.3, -0.25) is 0 Å². The molecule has 0 aliphatic carbocycles. The van der Waals surface area contributed by atoms with Crippen molar-refractivity contribution in [3.63, 3.8) is 0 Å². The first-order valence-electron chi connectivity index (χ1n) is 5.92. The molecule has 0 aromatic rings. The van der Waals surface area contributed by atoms with Gasteiger partial charge in [-0.1, -0.05) is 20.8 Å². The van der Waals surface area contributed by atoms with Crippen molar-refractivity contribution in [3.05, 3.63) is 0 Å². The fourth-order valence-electron chi connectivity index (χ4n) is 2.05. The summed E-state index contributed by atoms with van der Waals surface area (Å²) >= 11 is 0. The molecule has 16 heavy (non-hydrogen) atoms. The normalized spacial score (nSPS) is 24.2. The second kappa shape index (κ2) is 5.02. The summed E-state index contributed by atoms with van der Waals surface area (Å²) in [5.74, 6) is 0.313. The lowest BCUT2D eigenvalue weighted by Crippen LogP contribution is -2.50. The van der Waals surface area contributed by atoms with E-state index < -0.39 is 10.0 Å². The number of sulfonamides is 1. The lowest BCUT2D eigenvalue weighted by Gasteiger charge is -2.36. The third kappa shape index (κ3) is 3.43.